The average Bonchev–Trinajstić information content (AvgIpc) is 2.96. The second-order valence-electron chi connectivity index (χ2n) is 9.90. The third kappa shape index (κ3) is 6.11. The molecule has 206 valence electrons. The number of pyridine rings is 1. The zero-order chi connectivity index (χ0) is 27.4. The fourth-order valence-electron chi connectivity index (χ4n) is 5.14. The second kappa shape index (κ2) is 12.0. The number of halogens is 1. The van der Waals surface area contributed by atoms with Gasteiger partial charge in [-0.2, -0.15) is 4.31 Å². The van der Waals surface area contributed by atoms with Gasteiger partial charge in [-0.25, -0.2) is 8.42 Å². The number of fused-ring (bicyclic) bond motifs is 1. The van der Waals surface area contributed by atoms with E-state index in [9.17, 15) is 18.0 Å². The number of amides is 1. The van der Waals surface area contributed by atoms with Crippen LogP contribution in [-0.4, -0.2) is 56.0 Å². The number of ether oxygens (including phenoxy) is 1. The van der Waals surface area contributed by atoms with E-state index in [0.29, 0.717) is 36.8 Å². The van der Waals surface area contributed by atoms with E-state index >= 15 is 0 Å². The van der Waals surface area contributed by atoms with Crippen molar-refractivity contribution < 1.29 is 17.9 Å². The summed E-state index contributed by atoms with van der Waals surface area (Å²) >= 11 is 6.42. The van der Waals surface area contributed by atoms with Crippen LogP contribution in [-0.2, 0) is 21.3 Å². The van der Waals surface area contributed by atoms with Crippen LogP contribution in [0.2, 0.25) is 5.02 Å². The highest BCUT2D eigenvalue weighted by molar-refractivity contribution is 7.89. The van der Waals surface area contributed by atoms with E-state index in [1.807, 2.05) is 18.2 Å². The molecule has 5 rings (SSSR count). The number of sulfonamides is 1. The maximum Gasteiger partial charge on any atom is 0.256 e. The monoisotopic (exact) mass is 569 g/mol. The van der Waals surface area contributed by atoms with E-state index in [1.54, 1.807) is 22.9 Å². The fourth-order valence-corrected chi connectivity index (χ4v) is 6.77. The molecule has 1 fully saturated rings. The molecule has 0 bridgehead atoms. The van der Waals surface area contributed by atoms with E-state index in [2.05, 4.69) is 11.4 Å². The van der Waals surface area contributed by atoms with Crippen LogP contribution in [0, 0.1) is 0 Å². The van der Waals surface area contributed by atoms with Gasteiger partial charge in [-0.15, -0.1) is 0 Å². The quantitative estimate of drug-likeness (QED) is 0.407. The molecule has 10 heteroatoms. The number of carbonyl (C=O) groups is 1. The van der Waals surface area contributed by atoms with Crippen molar-refractivity contribution in [3.63, 3.8) is 0 Å². The van der Waals surface area contributed by atoms with Gasteiger partial charge in [0, 0.05) is 42.8 Å². The Morgan fingerprint density at radius 1 is 1.08 bits per heavy atom. The Morgan fingerprint density at radius 2 is 1.87 bits per heavy atom. The summed E-state index contributed by atoms with van der Waals surface area (Å²) in [6.45, 7) is 1.86. The second-order valence-corrected chi connectivity index (χ2v) is 12.2. The lowest BCUT2D eigenvalue weighted by molar-refractivity contribution is 0.0730. The molecule has 0 radical (unpaired) electrons. The third-order valence-electron chi connectivity index (χ3n) is 7.32. The number of rotatable bonds is 8. The van der Waals surface area contributed by atoms with Crippen LogP contribution < -0.4 is 10.7 Å². The summed E-state index contributed by atoms with van der Waals surface area (Å²) in [5.74, 6) is -0.479. The topological polar surface area (TPSA) is 97.7 Å². The zero-order valence-corrected chi connectivity index (χ0v) is 23.3. The number of nitrogens with zero attached hydrogens (tertiary/aromatic N) is 2. The van der Waals surface area contributed by atoms with Gasteiger partial charge in [0.1, 0.15) is 5.56 Å². The normalized spacial score (nSPS) is 16.7. The van der Waals surface area contributed by atoms with E-state index < -0.39 is 21.4 Å². The Labute approximate surface area is 233 Å². The Balaban J connectivity index is 1.53. The number of aromatic nitrogens is 1. The van der Waals surface area contributed by atoms with Gasteiger partial charge < -0.3 is 14.6 Å². The molecule has 3 aromatic rings. The summed E-state index contributed by atoms with van der Waals surface area (Å²) < 4.78 is 35.1. The minimum atomic E-state index is -3.83. The first-order valence-electron chi connectivity index (χ1n) is 13.3. The van der Waals surface area contributed by atoms with Gasteiger partial charge >= 0.3 is 0 Å². The van der Waals surface area contributed by atoms with Crippen LogP contribution in [0.25, 0.3) is 10.9 Å². The predicted molar refractivity (Wildman–Crippen MR) is 152 cm³/mol. The predicted octanol–water partition coefficient (Wildman–Crippen LogP) is 4.34. The molecule has 0 spiro atoms. The smallest absolute Gasteiger partial charge is 0.256 e. The molecule has 2 heterocycles. The Kier molecular flexibility index (Phi) is 8.52. The van der Waals surface area contributed by atoms with Gasteiger partial charge in [0.25, 0.3) is 5.91 Å². The minimum absolute atomic E-state index is 0.0140. The molecule has 1 amide bonds. The lowest BCUT2D eigenvalue weighted by atomic mass is 9.97. The molecule has 0 atom stereocenters. The summed E-state index contributed by atoms with van der Waals surface area (Å²) in [6, 6.07) is 11.9. The third-order valence-corrected chi connectivity index (χ3v) is 9.58. The first kappa shape index (κ1) is 27.6. The Hall–Kier alpha value is -2.98. The van der Waals surface area contributed by atoms with Gasteiger partial charge in [0.2, 0.25) is 15.5 Å². The largest absolute Gasteiger partial charge is 0.379 e. The summed E-state index contributed by atoms with van der Waals surface area (Å²) in [5, 5.41) is 3.62. The summed E-state index contributed by atoms with van der Waals surface area (Å²) in [4.78, 5) is 26.9. The van der Waals surface area contributed by atoms with Crippen LogP contribution in [0.1, 0.15) is 48.0 Å². The standard InChI is InChI=1S/C29H32ClN3O5S/c30-26-9-5-4-8-22(26)19-32-20-25(29(35)31-13-12-21-6-2-1-3-7-21)28(34)24-18-23(10-11-27(24)32)39(36,37)33-14-16-38-17-15-33/h4-6,8-11,18,20H,1-3,7,12-17,19H2,(H,31,35). The van der Waals surface area contributed by atoms with Crippen LogP contribution in [0.4, 0.5) is 0 Å². The van der Waals surface area contributed by atoms with E-state index in [1.165, 1.54) is 28.4 Å². The molecule has 2 aromatic carbocycles. The van der Waals surface area contributed by atoms with Crippen LogP contribution in [0.3, 0.4) is 0 Å². The van der Waals surface area contributed by atoms with Crippen molar-refractivity contribution in [1.29, 1.82) is 0 Å². The van der Waals surface area contributed by atoms with Crippen molar-refractivity contribution in [3.8, 4) is 0 Å². The molecule has 8 nitrogen and oxygen atoms in total. The number of allylic oxidation sites excluding steroid dienone is 1. The first-order valence-corrected chi connectivity index (χ1v) is 15.1. The van der Waals surface area contributed by atoms with Crippen molar-refractivity contribution >= 4 is 38.4 Å². The average molecular weight is 570 g/mol. The fraction of sp³-hybridized carbons (Fsp3) is 0.379. The highest BCUT2D eigenvalue weighted by Gasteiger charge is 2.27. The summed E-state index contributed by atoms with van der Waals surface area (Å²) in [5.41, 5.74) is 2.12. The molecule has 1 aliphatic carbocycles. The highest BCUT2D eigenvalue weighted by Crippen LogP contribution is 2.24. The van der Waals surface area contributed by atoms with E-state index in [0.717, 1.165) is 31.2 Å². The van der Waals surface area contributed by atoms with Crippen LogP contribution >= 0.6 is 11.6 Å². The van der Waals surface area contributed by atoms with Crippen LogP contribution in [0.5, 0.6) is 0 Å². The lowest BCUT2D eigenvalue weighted by Gasteiger charge is -2.26. The van der Waals surface area contributed by atoms with Crippen molar-refractivity contribution in [3.05, 3.63) is 86.7 Å². The molecule has 0 saturated carbocycles. The molecule has 2 aliphatic rings. The number of benzene rings is 2. The van der Waals surface area contributed by atoms with Crippen LogP contribution in [0.15, 0.2) is 70.0 Å². The van der Waals surface area contributed by atoms with Gasteiger partial charge in [0.05, 0.1) is 23.6 Å². The van der Waals surface area contributed by atoms with Gasteiger partial charge in [0.15, 0.2) is 0 Å². The van der Waals surface area contributed by atoms with Crippen molar-refractivity contribution in [2.24, 2.45) is 0 Å². The molecular formula is C29H32ClN3O5S. The van der Waals surface area contributed by atoms with Gasteiger partial charge in [-0.1, -0.05) is 41.4 Å². The van der Waals surface area contributed by atoms with E-state index in [-0.39, 0.29) is 28.9 Å². The van der Waals surface area contributed by atoms with Gasteiger partial charge in [-0.3, -0.25) is 9.59 Å². The molecule has 1 saturated heterocycles. The lowest BCUT2D eigenvalue weighted by Crippen LogP contribution is -2.40. The Bertz CT molecular complexity index is 1580. The number of carbonyl (C=O) groups excluding carboxylic acids is 1. The Morgan fingerprint density at radius 3 is 2.62 bits per heavy atom. The maximum absolute atomic E-state index is 13.6. The SMILES string of the molecule is O=C(NCCC1=CCCCC1)c1cn(Cc2ccccc2Cl)c2ccc(S(=O)(=O)N3CCOCC3)cc2c1=O. The van der Waals surface area contributed by atoms with Gasteiger partial charge in [-0.05, 0) is 61.9 Å². The number of hydrogen-bond acceptors (Lipinski definition) is 5. The molecule has 1 N–H and O–H groups in total. The van der Waals surface area contributed by atoms with E-state index in [4.69, 9.17) is 16.3 Å². The zero-order valence-electron chi connectivity index (χ0n) is 21.7. The first-order chi connectivity index (χ1) is 18.8. The summed E-state index contributed by atoms with van der Waals surface area (Å²) in [6.07, 6.45) is 8.98. The van der Waals surface area contributed by atoms with Crippen molar-refractivity contribution in [2.45, 2.75) is 43.5 Å². The molecule has 1 aromatic heterocycles. The molecule has 39 heavy (non-hydrogen) atoms. The maximum atomic E-state index is 13.6. The molecule has 1 aliphatic heterocycles. The summed E-state index contributed by atoms with van der Waals surface area (Å²) in [7, 11) is -3.83. The number of morpholine rings is 1. The molecular weight excluding hydrogens is 538 g/mol. The number of hydrogen-bond donors (Lipinski definition) is 1. The van der Waals surface area contributed by atoms with Crippen molar-refractivity contribution in [2.75, 3.05) is 32.8 Å². The molecule has 0 unspecified atom stereocenters. The van der Waals surface area contributed by atoms with Crippen molar-refractivity contribution in [1.82, 2.24) is 14.2 Å². The minimum Gasteiger partial charge on any atom is -0.379 e. The number of nitrogens with one attached hydrogen (secondary N) is 1. The highest BCUT2D eigenvalue weighted by atomic mass is 35.5.